The molecule has 4 aromatic rings. The second-order valence-corrected chi connectivity index (χ2v) is 7.20. The molecule has 0 saturated heterocycles. The molecule has 30 heavy (non-hydrogen) atoms. The first kappa shape index (κ1) is 19.6. The van der Waals surface area contributed by atoms with E-state index in [-0.39, 0.29) is 0 Å². The average Bonchev–Trinajstić information content (AvgIpc) is 3.07. The Kier molecular flexibility index (Phi) is 4.99. The molecule has 6 heteroatoms. The van der Waals surface area contributed by atoms with Gasteiger partial charge in [-0.05, 0) is 50.1 Å². The summed E-state index contributed by atoms with van der Waals surface area (Å²) in [6.45, 7) is 5.78. The predicted molar refractivity (Wildman–Crippen MR) is 117 cm³/mol. The Hall–Kier alpha value is -3.67. The van der Waals surface area contributed by atoms with Crippen LogP contribution in [0.15, 0.2) is 56.1 Å². The van der Waals surface area contributed by atoms with Crippen LogP contribution >= 0.6 is 0 Å². The highest BCUT2D eigenvalue weighted by Gasteiger charge is 2.22. The van der Waals surface area contributed by atoms with E-state index in [4.69, 9.17) is 18.3 Å². The maximum atomic E-state index is 12.7. The number of nitrogens with one attached hydrogen (secondary N) is 1. The zero-order valence-electron chi connectivity index (χ0n) is 17.6. The fourth-order valence-electron chi connectivity index (χ4n) is 3.60. The maximum absolute atomic E-state index is 12.7. The van der Waals surface area contributed by atoms with Crippen molar-refractivity contribution in [3.05, 3.63) is 69.8 Å². The van der Waals surface area contributed by atoms with Crippen molar-refractivity contribution in [2.24, 2.45) is 0 Å². The lowest BCUT2D eigenvalue weighted by Crippen LogP contribution is -2.01. The molecule has 2 aromatic carbocycles. The van der Waals surface area contributed by atoms with E-state index in [1.54, 1.807) is 33.3 Å². The van der Waals surface area contributed by atoms with E-state index >= 15 is 0 Å². The number of furan rings is 1. The summed E-state index contributed by atoms with van der Waals surface area (Å²) in [5, 5.41) is 3.72. The van der Waals surface area contributed by atoms with Crippen LogP contribution in [0.4, 0.5) is 11.6 Å². The van der Waals surface area contributed by atoms with E-state index in [2.05, 4.69) is 11.4 Å². The van der Waals surface area contributed by atoms with Gasteiger partial charge in [-0.25, -0.2) is 4.79 Å². The standard InChI is InChI=1S/C24H23NO5/c1-13-6-8-17(14(2)10-13)25-23-21(16-7-9-18(27-4)19(12-16)28-5)22-20(30-23)11-15(3)29-24(22)26/h6-12,25H,1-5H3. The number of ether oxygens (including phenoxy) is 2. The van der Waals surface area contributed by atoms with Crippen LogP contribution in [0.1, 0.15) is 16.9 Å². The first-order valence-electron chi connectivity index (χ1n) is 9.55. The lowest BCUT2D eigenvalue weighted by Gasteiger charge is -2.12. The van der Waals surface area contributed by atoms with E-state index in [0.717, 1.165) is 16.8 Å². The first-order chi connectivity index (χ1) is 14.4. The molecule has 2 aromatic heterocycles. The topological polar surface area (TPSA) is 73.8 Å². The summed E-state index contributed by atoms with van der Waals surface area (Å²) in [6.07, 6.45) is 0. The fourth-order valence-corrected chi connectivity index (χ4v) is 3.60. The summed E-state index contributed by atoms with van der Waals surface area (Å²) in [6, 6.07) is 13.3. The van der Waals surface area contributed by atoms with Gasteiger partial charge in [-0.3, -0.25) is 0 Å². The summed E-state index contributed by atoms with van der Waals surface area (Å²) in [4.78, 5) is 12.7. The number of rotatable bonds is 5. The lowest BCUT2D eigenvalue weighted by atomic mass is 10.0. The van der Waals surface area contributed by atoms with Gasteiger partial charge in [0, 0.05) is 11.8 Å². The molecule has 0 radical (unpaired) electrons. The number of methoxy groups -OCH3 is 2. The van der Waals surface area contributed by atoms with Gasteiger partial charge in [0.25, 0.3) is 0 Å². The molecule has 154 valence electrons. The average molecular weight is 405 g/mol. The highest BCUT2D eigenvalue weighted by Crippen LogP contribution is 2.42. The third-order valence-electron chi connectivity index (χ3n) is 5.03. The number of anilines is 2. The van der Waals surface area contributed by atoms with Gasteiger partial charge in [-0.15, -0.1) is 0 Å². The Bertz CT molecular complexity index is 1300. The smallest absolute Gasteiger partial charge is 0.347 e. The summed E-state index contributed by atoms with van der Waals surface area (Å²) >= 11 is 0. The van der Waals surface area contributed by atoms with Crippen molar-refractivity contribution in [1.82, 2.24) is 0 Å². The predicted octanol–water partition coefficient (Wildman–Crippen LogP) is 5.74. The van der Waals surface area contributed by atoms with Crippen LogP contribution in [0, 0.1) is 20.8 Å². The van der Waals surface area contributed by atoms with Crippen LogP contribution in [0.2, 0.25) is 0 Å². The highest BCUT2D eigenvalue weighted by atomic mass is 16.5. The third kappa shape index (κ3) is 3.41. The van der Waals surface area contributed by atoms with Crippen molar-refractivity contribution < 1.29 is 18.3 Å². The molecule has 2 heterocycles. The Morgan fingerprint density at radius 1 is 0.867 bits per heavy atom. The molecule has 0 aliphatic heterocycles. The molecule has 0 atom stereocenters. The Morgan fingerprint density at radius 3 is 2.33 bits per heavy atom. The van der Waals surface area contributed by atoms with E-state index < -0.39 is 5.63 Å². The molecule has 0 bridgehead atoms. The summed E-state index contributed by atoms with van der Waals surface area (Å²) in [5.74, 6) is 2.10. The second kappa shape index (κ2) is 7.63. The van der Waals surface area contributed by atoms with Crippen molar-refractivity contribution in [1.29, 1.82) is 0 Å². The highest BCUT2D eigenvalue weighted by molar-refractivity contribution is 6.00. The molecule has 0 aliphatic carbocycles. The molecule has 6 nitrogen and oxygen atoms in total. The number of fused-ring (bicyclic) bond motifs is 1. The molecular weight excluding hydrogens is 382 g/mol. The minimum absolute atomic E-state index is 0.375. The zero-order valence-corrected chi connectivity index (χ0v) is 17.6. The fraction of sp³-hybridized carbons (Fsp3) is 0.208. The van der Waals surface area contributed by atoms with Crippen molar-refractivity contribution >= 4 is 22.5 Å². The second-order valence-electron chi connectivity index (χ2n) is 7.20. The van der Waals surface area contributed by atoms with Gasteiger partial charge in [-0.1, -0.05) is 23.8 Å². The molecule has 0 amide bonds. The SMILES string of the molecule is COc1ccc(-c2c(Nc3ccc(C)cc3C)oc3cc(C)oc(=O)c23)cc1OC. The van der Waals surface area contributed by atoms with Gasteiger partial charge in [0.05, 0.1) is 19.8 Å². The van der Waals surface area contributed by atoms with Crippen LogP contribution in [-0.4, -0.2) is 14.2 Å². The normalized spacial score (nSPS) is 11.0. The number of benzene rings is 2. The summed E-state index contributed by atoms with van der Waals surface area (Å²) in [5.41, 5.74) is 4.49. The van der Waals surface area contributed by atoms with Crippen LogP contribution < -0.4 is 20.4 Å². The van der Waals surface area contributed by atoms with Gasteiger partial charge >= 0.3 is 5.63 Å². The van der Waals surface area contributed by atoms with Crippen LogP contribution in [0.25, 0.3) is 22.1 Å². The van der Waals surface area contributed by atoms with Crippen LogP contribution in [0.3, 0.4) is 0 Å². The van der Waals surface area contributed by atoms with E-state index in [1.165, 1.54) is 5.56 Å². The van der Waals surface area contributed by atoms with Gasteiger partial charge in [-0.2, -0.15) is 0 Å². The summed E-state index contributed by atoms with van der Waals surface area (Å²) in [7, 11) is 3.15. The van der Waals surface area contributed by atoms with Gasteiger partial charge in [0.15, 0.2) is 11.5 Å². The number of hydrogen-bond acceptors (Lipinski definition) is 6. The molecule has 0 aliphatic rings. The molecule has 0 saturated carbocycles. The third-order valence-corrected chi connectivity index (χ3v) is 5.03. The Morgan fingerprint density at radius 2 is 1.63 bits per heavy atom. The number of hydrogen-bond donors (Lipinski definition) is 1. The van der Waals surface area contributed by atoms with Crippen molar-refractivity contribution in [2.75, 3.05) is 19.5 Å². The largest absolute Gasteiger partial charge is 0.493 e. The van der Waals surface area contributed by atoms with E-state index in [1.807, 2.05) is 38.1 Å². The van der Waals surface area contributed by atoms with Crippen molar-refractivity contribution in [3.63, 3.8) is 0 Å². The molecule has 4 rings (SSSR count). The maximum Gasteiger partial charge on any atom is 0.347 e. The van der Waals surface area contributed by atoms with Crippen molar-refractivity contribution in [2.45, 2.75) is 20.8 Å². The molecule has 0 fully saturated rings. The van der Waals surface area contributed by atoms with Crippen LogP contribution in [0.5, 0.6) is 11.5 Å². The minimum atomic E-state index is -0.452. The van der Waals surface area contributed by atoms with Gasteiger partial charge < -0.3 is 23.6 Å². The lowest BCUT2D eigenvalue weighted by molar-refractivity contribution is 0.355. The summed E-state index contributed by atoms with van der Waals surface area (Å²) < 4.78 is 22.2. The monoisotopic (exact) mass is 405 g/mol. The minimum Gasteiger partial charge on any atom is -0.493 e. The van der Waals surface area contributed by atoms with Gasteiger partial charge in [0.2, 0.25) is 5.88 Å². The Balaban J connectivity index is 1.97. The van der Waals surface area contributed by atoms with E-state index in [0.29, 0.717) is 39.7 Å². The molecule has 0 unspecified atom stereocenters. The van der Waals surface area contributed by atoms with Gasteiger partial charge in [0.1, 0.15) is 16.7 Å². The number of aryl methyl sites for hydroxylation is 3. The first-order valence-corrected chi connectivity index (χ1v) is 9.55. The molecule has 1 N–H and O–H groups in total. The van der Waals surface area contributed by atoms with Crippen LogP contribution in [-0.2, 0) is 0 Å². The van der Waals surface area contributed by atoms with Crippen molar-refractivity contribution in [3.8, 4) is 22.6 Å². The van der Waals surface area contributed by atoms with E-state index in [9.17, 15) is 4.79 Å². The quantitative estimate of drug-likeness (QED) is 0.456. The zero-order chi connectivity index (χ0) is 21.4. The molecule has 0 spiro atoms. The Labute approximate surface area is 174 Å². The molecular formula is C24H23NO5.